The van der Waals surface area contributed by atoms with Crippen molar-refractivity contribution in [2.45, 2.75) is 27.4 Å². The topological polar surface area (TPSA) is 64.5 Å². The summed E-state index contributed by atoms with van der Waals surface area (Å²) in [5, 5.41) is 0. The highest BCUT2D eigenvalue weighted by atomic mass is 16.5. The maximum absolute atomic E-state index is 13.0. The number of carbonyl (C=O) groups excluding carboxylic acids is 1. The summed E-state index contributed by atoms with van der Waals surface area (Å²) in [6.45, 7) is 6.05. The molecule has 0 amide bonds. The van der Waals surface area contributed by atoms with Crippen molar-refractivity contribution in [3.63, 3.8) is 0 Å². The number of rotatable bonds is 7. The van der Waals surface area contributed by atoms with Crippen LogP contribution >= 0.6 is 0 Å². The monoisotopic (exact) mass is 405 g/mol. The normalized spacial score (nSPS) is 10.6. The van der Waals surface area contributed by atoms with Crippen LogP contribution in [0.1, 0.15) is 38.7 Å². The molecule has 1 heterocycles. The van der Waals surface area contributed by atoms with Crippen molar-refractivity contribution >= 4 is 11.5 Å². The van der Waals surface area contributed by atoms with E-state index in [0.29, 0.717) is 22.6 Å². The molecule has 0 N–H and O–H groups in total. The molecule has 0 atom stereocenters. The summed E-state index contributed by atoms with van der Waals surface area (Å²) in [7, 11) is 5.45. The average Bonchev–Trinajstić information content (AvgIpc) is 2.74. The average molecular weight is 405 g/mol. The van der Waals surface area contributed by atoms with Gasteiger partial charge in [-0.1, -0.05) is 12.1 Å². The number of ether oxygens (including phenoxy) is 2. The number of hydrogen-bond acceptors (Lipinski definition) is 6. The molecule has 0 unspecified atom stereocenters. The van der Waals surface area contributed by atoms with Gasteiger partial charge in [0.05, 0.1) is 29.9 Å². The summed E-state index contributed by atoms with van der Waals surface area (Å²) in [5.41, 5.74) is 5.54. The molecule has 0 spiro atoms. The molecular formula is C24H27N3O3. The van der Waals surface area contributed by atoms with Crippen molar-refractivity contribution in [2.75, 3.05) is 26.1 Å². The predicted molar refractivity (Wildman–Crippen MR) is 118 cm³/mol. The van der Waals surface area contributed by atoms with E-state index < -0.39 is 0 Å². The zero-order valence-corrected chi connectivity index (χ0v) is 18.3. The summed E-state index contributed by atoms with van der Waals surface area (Å²) in [4.78, 5) is 24.0. The van der Waals surface area contributed by atoms with E-state index >= 15 is 0 Å². The number of hydrogen-bond donors (Lipinski definition) is 0. The number of benzene rings is 2. The first-order chi connectivity index (χ1) is 14.3. The van der Waals surface area contributed by atoms with Crippen LogP contribution in [0.2, 0.25) is 0 Å². The number of methoxy groups -OCH3 is 1. The minimum Gasteiger partial charge on any atom is -0.493 e. The van der Waals surface area contributed by atoms with E-state index in [-0.39, 0.29) is 12.4 Å². The van der Waals surface area contributed by atoms with Crippen LogP contribution in [0.15, 0.2) is 42.5 Å². The van der Waals surface area contributed by atoms with E-state index in [1.165, 1.54) is 0 Å². The summed E-state index contributed by atoms with van der Waals surface area (Å²) in [6, 6.07) is 12.7. The van der Waals surface area contributed by atoms with Gasteiger partial charge in [0, 0.05) is 30.9 Å². The van der Waals surface area contributed by atoms with E-state index in [9.17, 15) is 4.79 Å². The first kappa shape index (κ1) is 21.3. The number of aryl methyl sites for hydroxylation is 3. The molecule has 0 radical (unpaired) electrons. The fourth-order valence-corrected chi connectivity index (χ4v) is 3.06. The second kappa shape index (κ2) is 8.95. The Balaban J connectivity index is 1.82. The van der Waals surface area contributed by atoms with Gasteiger partial charge in [-0.3, -0.25) is 14.8 Å². The molecule has 0 aliphatic rings. The minimum absolute atomic E-state index is 0.0700. The zero-order chi connectivity index (χ0) is 21.8. The Bertz CT molecular complexity index is 1080. The second-order valence-corrected chi connectivity index (χ2v) is 7.35. The summed E-state index contributed by atoms with van der Waals surface area (Å²) < 4.78 is 11.4. The van der Waals surface area contributed by atoms with E-state index in [0.717, 1.165) is 28.5 Å². The molecule has 0 aliphatic carbocycles. The molecule has 30 heavy (non-hydrogen) atoms. The van der Waals surface area contributed by atoms with Crippen LogP contribution in [0.25, 0.3) is 0 Å². The Hall–Kier alpha value is -3.41. The molecule has 0 saturated carbocycles. The third-order valence-corrected chi connectivity index (χ3v) is 4.99. The molecule has 2 aromatic carbocycles. The van der Waals surface area contributed by atoms with Crippen LogP contribution in [0, 0.1) is 20.8 Å². The fourth-order valence-electron chi connectivity index (χ4n) is 3.06. The lowest BCUT2D eigenvalue weighted by atomic mass is 10.0. The maximum atomic E-state index is 13.0. The molecule has 0 saturated heterocycles. The van der Waals surface area contributed by atoms with Crippen LogP contribution in [0.4, 0.5) is 5.69 Å². The van der Waals surface area contributed by atoms with Gasteiger partial charge >= 0.3 is 0 Å². The van der Waals surface area contributed by atoms with Gasteiger partial charge in [0.2, 0.25) is 0 Å². The Morgan fingerprint density at radius 3 is 2.30 bits per heavy atom. The molecule has 6 heteroatoms. The van der Waals surface area contributed by atoms with E-state index in [2.05, 4.69) is 9.97 Å². The minimum atomic E-state index is -0.0700. The molecular weight excluding hydrogens is 378 g/mol. The lowest BCUT2D eigenvalue weighted by molar-refractivity contribution is 0.103. The highest BCUT2D eigenvalue weighted by Crippen LogP contribution is 2.30. The molecule has 156 valence electrons. The number of anilines is 1. The third-order valence-electron chi connectivity index (χ3n) is 4.99. The Morgan fingerprint density at radius 1 is 0.900 bits per heavy atom. The Kier molecular flexibility index (Phi) is 6.35. The van der Waals surface area contributed by atoms with Crippen LogP contribution < -0.4 is 14.4 Å². The van der Waals surface area contributed by atoms with Gasteiger partial charge in [0.25, 0.3) is 0 Å². The molecule has 0 bridgehead atoms. The van der Waals surface area contributed by atoms with Crippen LogP contribution in [0.5, 0.6) is 11.5 Å². The maximum Gasteiger partial charge on any atom is 0.193 e. The molecule has 1 aromatic heterocycles. The van der Waals surface area contributed by atoms with Crippen molar-refractivity contribution < 1.29 is 14.3 Å². The predicted octanol–water partition coefficient (Wildman–Crippen LogP) is 4.29. The third kappa shape index (κ3) is 4.59. The summed E-state index contributed by atoms with van der Waals surface area (Å²) in [5.74, 6) is 0.981. The molecule has 3 aromatic rings. The molecule has 6 nitrogen and oxygen atoms in total. The van der Waals surface area contributed by atoms with Crippen molar-refractivity contribution in [1.82, 2.24) is 9.97 Å². The van der Waals surface area contributed by atoms with Gasteiger partial charge in [-0.05, 0) is 51.1 Å². The van der Waals surface area contributed by atoms with Crippen molar-refractivity contribution in [2.24, 2.45) is 0 Å². The number of nitrogens with zero attached hydrogens (tertiary/aromatic N) is 3. The van der Waals surface area contributed by atoms with Gasteiger partial charge in [-0.15, -0.1) is 0 Å². The zero-order valence-electron chi connectivity index (χ0n) is 18.3. The van der Waals surface area contributed by atoms with Crippen LogP contribution in [0.3, 0.4) is 0 Å². The highest BCUT2D eigenvalue weighted by Gasteiger charge is 2.15. The van der Waals surface area contributed by atoms with E-state index in [1.807, 2.05) is 64.0 Å². The van der Waals surface area contributed by atoms with Crippen molar-refractivity contribution in [3.8, 4) is 11.5 Å². The smallest absolute Gasteiger partial charge is 0.193 e. The standard InChI is InChI=1S/C24H27N3O3/c1-15-16(2)26-21(17(3)25-15)14-30-22-11-10-19(13-23(22)29-6)24(28)18-8-7-9-20(12-18)27(4)5/h7-13H,14H2,1-6H3. The lowest BCUT2D eigenvalue weighted by Crippen LogP contribution is -2.10. The van der Waals surface area contributed by atoms with Gasteiger partial charge < -0.3 is 14.4 Å². The van der Waals surface area contributed by atoms with Gasteiger partial charge in [0.1, 0.15) is 6.61 Å². The highest BCUT2D eigenvalue weighted by molar-refractivity contribution is 6.09. The van der Waals surface area contributed by atoms with E-state index in [1.54, 1.807) is 25.3 Å². The first-order valence-electron chi connectivity index (χ1n) is 9.73. The Morgan fingerprint density at radius 2 is 1.60 bits per heavy atom. The molecule has 0 fully saturated rings. The largest absolute Gasteiger partial charge is 0.493 e. The second-order valence-electron chi connectivity index (χ2n) is 7.35. The van der Waals surface area contributed by atoms with Gasteiger partial charge in [-0.2, -0.15) is 0 Å². The SMILES string of the molecule is COc1cc(C(=O)c2cccc(N(C)C)c2)ccc1OCc1nc(C)c(C)nc1C. The molecule has 3 rings (SSSR count). The first-order valence-corrected chi connectivity index (χ1v) is 9.73. The number of carbonyl (C=O) groups is 1. The fraction of sp³-hybridized carbons (Fsp3) is 0.292. The van der Waals surface area contributed by atoms with Gasteiger partial charge in [0.15, 0.2) is 17.3 Å². The quantitative estimate of drug-likeness (QED) is 0.547. The Labute approximate surface area is 177 Å². The van der Waals surface area contributed by atoms with Crippen molar-refractivity contribution in [3.05, 3.63) is 76.4 Å². The number of ketones is 1. The summed E-state index contributed by atoms with van der Waals surface area (Å²) in [6.07, 6.45) is 0. The number of aromatic nitrogens is 2. The lowest BCUT2D eigenvalue weighted by Gasteiger charge is -2.14. The summed E-state index contributed by atoms with van der Waals surface area (Å²) >= 11 is 0. The van der Waals surface area contributed by atoms with Crippen LogP contribution in [-0.2, 0) is 6.61 Å². The van der Waals surface area contributed by atoms with Gasteiger partial charge in [-0.25, -0.2) is 0 Å². The van der Waals surface area contributed by atoms with Crippen molar-refractivity contribution in [1.29, 1.82) is 0 Å². The molecule has 0 aliphatic heterocycles. The van der Waals surface area contributed by atoms with E-state index in [4.69, 9.17) is 9.47 Å². The van der Waals surface area contributed by atoms with Crippen LogP contribution in [-0.4, -0.2) is 37.0 Å².